The van der Waals surface area contributed by atoms with E-state index in [0.717, 1.165) is 22.6 Å². The van der Waals surface area contributed by atoms with E-state index in [1.807, 2.05) is 36.4 Å². The molecule has 2 N–H and O–H groups in total. The van der Waals surface area contributed by atoms with Gasteiger partial charge in [-0.15, -0.1) is 0 Å². The zero-order chi connectivity index (χ0) is 15.6. The van der Waals surface area contributed by atoms with E-state index in [1.165, 1.54) is 0 Å². The maximum atomic E-state index is 6.05. The second-order valence-corrected chi connectivity index (χ2v) is 5.81. The Morgan fingerprint density at radius 2 is 1.91 bits per heavy atom. The lowest BCUT2D eigenvalue weighted by Gasteiger charge is -2.09. The number of aromatic nitrogens is 3. The smallest absolute Gasteiger partial charge is 0.245 e. The molecule has 0 bridgehead atoms. The van der Waals surface area contributed by atoms with Crippen LogP contribution in [0.25, 0.3) is 11.4 Å². The second-order valence-electron chi connectivity index (χ2n) is 5.38. The number of halogens is 1. The van der Waals surface area contributed by atoms with Gasteiger partial charge >= 0.3 is 0 Å². The van der Waals surface area contributed by atoms with Crippen molar-refractivity contribution in [3.63, 3.8) is 0 Å². The molecule has 1 aromatic carbocycles. The maximum Gasteiger partial charge on any atom is 0.245 e. The van der Waals surface area contributed by atoms with Crippen LogP contribution in [0.15, 0.2) is 53.3 Å². The highest BCUT2D eigenvalue weighted by molar-refractivity contribution is 6.30. The number of hydrogen-bond donors (Lipinski definition) is 2. The molecule has 2 aromatic heterocycles. The molecule has 116 valence electrons. The zero-order valence-corrected chi connectivity index (χ0v) is 12.9. The SMILES string of the molecule is Clc1cccc(C2CC(c3nc(-c4ccncc4)no3)NN2)c1. The van der Waals surface area contributed by atoms with Crippen molar-refractivity contribution in [2.24, 2.45) is 0 Å². The van der Waals surface area contributed by atoms with E-state index in [-0.39, 0.29) is 12.1 Å². The van der Waals surface area contributed by atoms with Crippen LogP contribution < -0.4 is 10.9 Å². The zero-order valence-electron chi connectivity index (χ0n) is 12.1. The highest BCUT2D eigenvalue weighted by Crippen LogP contribution is 2.31. The normalized spacial score (nSPS) is 20.7. The van der Waals surface area contributed by atoms with Crippen LogP contribution in [0.2, 0.25) is 5.02 Å². The predicted octanol–water partition coefficient (Wildman–Crippen LogP) is 3.07. The Labute approximate surface area is 137 Å². The van der Waals surface area contributed by atoms with E-state index in [0.29, 0.717) is 11.7 Å². The number of nitrogens with zero attached hydrogens (tertiary/aromatic N) is 3. The van der Waals surface area contributed by atoms with Crippen molar-refractivity contribution in [3.8, 4) is 11.4 Å². The third-order valence-corrected chi connectivity index (χ3v) is 4.07. The molecule has 23 heavy (non-hydrogen) atoms. The quantitative estimate of drug-likeness (QED) is 0.770. The van der Waals surface area contributed by atoms with E-state index in [9.17, 15) is 0 Å². The van der Waals surface area contributed by atoms with Crippen LogP contribution in [0.5, 0.6) is 0 Å². The predicted molar refractivity (Wildman–Crippen MR) is 85.4 cm³/mol. The van der Waals surface area contributed by atoms with Gasteiger partial charge in [-0.05, 0) is 36.2 Å². The molecule has 6 nitrogen and oxygen atoms in total. The molecule has 0 aliphatic carbocycles. The molecule has 0 spiro atoms. The van der Waals surface area contributed by atoms with Gasteiger partial charge in [0.2, 0.25) is 11.7 Å². The summed E-state index contributed by atoms with van der Waals surface area (Å²) >= 11 is 6.05. The molecule has 0 amide bonds. The van der Waals surface area contributed by atoms with Gasteiger partial charge in [0.15, 0.2) is 0 Å². The fraction of sp³-hybridized carbons (Fsp3) is 0.188. The average molecular weight is 328 g/mol. The number of rotatable bonds is 3. The molecule has 7 heteroatoms. The fourth-order valence-corrected chi connectivity index (χ4v) is 2.85. The van der Waals surface area contributed by atoms with Gasteiger partial charge in [-0.2, -0.15) is 4.98 Å². The summed E-state index contributed by atoms with van der Waals surface area (Å²) in [5, 5.41) is 4.77. The minimum absolute atomic E-state index is 0.0398. The van der Waals surface area contributed by atoms with Crippen LogP contribution in [-0.4, -0.2) is 15.1 Å². The van der Waals surface area contributed by atoms with Crippen molar-refractivity contribution < 1.29 is 4.52 Å². The summed E-state index contributed by atoms with van der Waals surface area (Å²) in [4.78, 5) is 8.46. The van der Waals surface area contributed by atoms with Gasteiger partial charge in [-0.25, -0.2) is 10.9 Å². The van der Waals surface area contributed by atoms with Gasteiger partial charge in [0.05, 0.1) is 0 Å². The van der Waals surface area contributed by atoms with E-state index in [1.54, 1.807) is 12.4 Å². The summed E-state index contributed by atoms with van der Waals surface area (Å²) in [7, 11) is 0. The van der Waals surface area contributed by atoms with Crippen molar-refractivity contribution in [1.82, 2.24) is 26.0 Å². The summed E-state index contributed by atoms with van der Waals surface area (Å²) in [6.07, 6.45) is 4.21. The molecule has 3 heterocycles. The fourth-order valence-electron chi connectivity index (χ4n) is 2.66. The molecule has 2 atom stereocenters. The Hall–Kier alpha value is -2.28. The largest absolute Gasteiger partial charge is 0.337 e. The van der Waals surface area contributed by atoms with Crippen LogP contribution in [0, 0.1) is 0 Å². The van der Waals surface area contributed by atoms with E-state index < -0.39 is 0 Å². The monoisotopic (exact) mass is 327 g/mol. The summed E-state index contributed by atoms with van der Waals surface area (Å²) < 4.78 is 5.40. The van der Waals surface area contributed by atoms with Crippen molar-refractivity contribution in [1.29, 1.82) is 0 Å². The van der Waals surface area contributed by atoms with Crippen molar-refractivity contribution in [2.75, 3.05) is 0 Å². The third kappa shape index (κ3) is 2.96. The molecule has 2 unspecified atom stereocenters. The van der Waals surface area contributed by atoms with Crippen molar-refractivity contribution in [2.45, 2.75) is 18.5 Å². The standard InChI is InChI=1S/C16H14ClN5O/c17-12-3-1-2-11(8-12)13-9-14(21-20-13)16-19-15(22-23-16)10-4-6-18-7-5-10/h1-8,13-14,20-21H,9H2. The van der Waals surface area contributed by atoms with Crippen LogP contribution in [0.3, 0.4) is 0 Å². The Morgan fingerprint density at radius 3 is 2.74 bits per heavy atom. The summed E-state index contributed by atoms with van der Waals surface area (Å²) in [6.45, 7) is 0. The number of hydrogen-bond acceptors (Lipinski definition) is 6. The number of benzene rings is 1. The van der Waals surface area contributed by atoms with Crippen LogP contribution in [-0.2, 0) is 0 Å². The van der Waals surface area contributed by atoms with Gasteiger partial charge in [0.25, 0.3) is 0 Å². The van der Waals surface area contributed by atoms with Crippen molar-refractivity contribution >= 4 is 11.6 Å². The third-order valence-electron chi connectivity index (χ3n) is 3.83. The maximum absolute atomic E-state index is 6.05. The first-order chi connectivity index (χ1) is 11.3. The first kappa shape index (κ1) is 14.3. The molecule has 1 aliphatic rings. The van der Waals surface area contributed by atoms with Crippen LogP contribution in [0.4, 0.5) is 0 Å². The van der Waals surface area contributed by atoms with E-state index >= 15 is 0 Å². The Bertz CT molecular complexity index is 807. The lowest BCUT2D eigenvalue weighted by atomic mass is 10.0. The first-order valence-corrected chi connectivity index (χ1v) is 7.68. The molecule has 3 aromatic rings. The summed E-state index contributed by atoms with van der Waals surface area (Å²) in [5.41, 5.74) is 8.46. The number of hydrazine groups is 1. The molecular weight excluding hydrogens is 314 g/mol. The Balaban J connectivity index is 1.51. The first-order valence-electron chi connectivity index (χ1n) is 7.30. The van der Waals surface area contributed by atoms with Crippen LogP contribution in [0.1, 0.15) is 30.0 Å². The van der Waals surface area contributed by atoms with Crippen molar-refractivity contribution in [3.05, 3.63) is 65.3 Å². The highest BCUT2D eigenvalue weighted by Gasteiger charge is 2.30. The van der Waals surface area contributed by atoms with E-state index in [4.69, 9.17) is 16.1 Å². The van der Waals surface area contributed by atoms with E-state index in [2.05, 4.69) is 26.0 Å². The molecular formula is C16H14ClN5O. The Morgan fingerprint density at radius 1 is 1.09 bits per heavy atom. The molecule has 1 fully saturated rings. The second kappa shape index (κ2) is 6.08. The lowest BCUT2D eigenvalue weighted by Crippen LogP contribution is -2.26. The van der Waals surface area contributed by atoms with Gasteiger partial charge < -0.3 is 4.52 Å². The lowest BCUT2D eigenvalue weighted by molar-refractivity contribution is 0.340. The molecule has 0 radical (unpaired) electrons. The summed E-state index contributed by atoms with van der Waals surface area (Å²) in [5.74, 6) is 1.13. The average Bonchev–Trinajstić information content (AvgIpc) is 3.25. The van der Waals surface area contributed by atoms with Gasteiger partial charge in [0, 0.05) is 29.0 Å². The molecule has 4 rings (SSSR count). The van der Waals surface area contributed by atoms with Crippen LogP contribution >= 0.6 is 11.6 Å². The summed E-state index contributed by atoms with van der Waals surface area (Å²) in [6, 6.07) is 11.6. The van der Waals surface area contributed by atoms with Gasteiger partial charge in [0.1, 0.15) is 6.04 Å². The molecule has 1 aliphatic heterocycles. The molecule has 1 saturated heterocycles. The number of nitrogens with one attached hydrogen (secondary N) is 2. The van der Waals surface area contributed by atoms with Gasteiger partial charge in [-0.1, -0.05) is 28.9 Å². The minimum atomic E-state index is -0.0398. The highest BCUT2D eigenvalue weighted by atomic mass is 35.5. The Kier molecular flexibility index (Phi) is 3.78. The number of pyridine rings is 1. The van der Waals surface area contributed by atoms with Gasteiger partial charge in [-0.3, -0.25) is 4.98 Å². The minimum Gasteiger partial charge on any atom is -0.337 e. The molecule has 0 saturated carbocycles. The topological polar surface area (TPSA) is 75.9 Å².